The molecule has 9 heteroatoms. The molecular formula is C25H24ClFN4O3. The monoisotopic (exact) mass is 482 g/mol. The van der Waals surface area contributed by atoms with Crippen molar-refractivity contribution in [1.82, 2.24) is 4.98 Å². The number of rotatable bonds is 6. The van der Waals surface area contributed by atoms with E-state index >= 15 is 4.39 Å². The quantitative estimate of drug-likeness (QED) is 0.511. The Morgan fingerprint density at radius 3 is 2.44 bits per heavy atom. The van der Waals surface area contributed by atoms with Crippen LogP contribution in [0.2, 0.25) is 5.02 Å². The minimum absolute atomic E-state index is 0.176. The average molecular weight is 483 g/mol. The highest BCUT2D eigenvalue weighted by atomic mass is 35.5. The summed E-state index contributed by atoms with van der Waals surface area (Å²) < 4.78 is 26.0. The maximum atomic E-state index is 15.1. The van der Waals surface area contributed by atoms with Crippen molar-refractivity contribution < 1.29 is 18.7 Å². The summed E-state index contributed by atoms with van der Waals surface area (Å²) in [6.07, 6.45) is 0.647. The van der Waals surface area contributed by atoms with E-state index in [1.165, 1.54) is 11.0 Å². The van der Waals surface area contributed by atoms with Gasteiger partial charge in [0.1, 0.15) is 12.4 Å². The summed E-state index contributed by atoms with van der Waals surface area (Å²) in [6.45, 7) is 3.26. The highest BCUT2D eigenvalue weighted by Gasteiger charge is 2.33. The lowest BCUT2D eigenvalue weighted by molar-refractivity contribution is 0.103. The molecule has 2 fully saturated rings. The van der Waals surface area contributed by atoms with Gasteiger partial charge in [-0.1, -0.05) is 29.8 Å². The van der Waals surface area contributed by atoms with Gasteiger partial charge in [-0.05, 0) is 36.4 Å². The molecular weight excluding hydrogens is 459 g/mol. The Hall–Kier alpha value is -3.52. The summed E-state index contributed by atoms with van der Waals surface area (Å²) in [5, 5.41) is 0.715. The van der Waals surface area contributed by atoms with E-state index in [1.54, 1.807) is 30.5 Å². The van der Waals surface area contributed by atoms with Crippen molar-refractivity contribution in [1.29, 1.82) is 0 Å². The van der Waals surface area contributed by atoms with Crippen LogP contribution in [0.3, 0.4) is 0 Å². The highest BCUT2D eigenvalue weighted by molar-refractivity contribution is 6.33. The number of amides is 1. The van der Waals surface area contributed by atoms with E-state index < -0.39 is 12.2 Å². The summed E-state index contributed by atoms with van der Waals surface area (Å²) in [6, 6.07) is 17.9. The molecule has 2 aromatic carbocycles. The van der Waals surface area contributed by atoms with Gasteiger partial charge in [0.05, 0.1) is 28.6 Å². The molecule has 0 radical (unpaired) electrons. The van der Waals surface area contributed by atoms with Crippen LogP contribution in [0.5, 0.6) is 5.88 Å². The van der Waals surface area contributed by atoms with E-state index in [9.17, 15) is 4.79 Å². The van der Waals surface area contributed by atoms with Crippen molar-refractivity contribution in [3.63, 3.8) is 0 Å². The van der Waals surface area contributed by atoms with Crippen LogP contribution in [0.15, 0.2) is 66.9 Å². The molecule has 3 aromatic rings. The van der Waals surface area contributed by atoms with Gasteiger partial charge in [0.15, 0.2) is 6.10 Å². The third-order valence-corrected chi connectivity index (χ3v) is 6.30. The molecule has 1 aromatic heterocycles. The second kappa shape index (κ2) is 9.77. The zero-order valence-electron chi connectivity index (χ0n) is 18.4. The van der Waals surface area contributed by atoms with Crippen molar-refractivity contribution in [3.05, 3.63) is 77.7 Å². The van der Waals surface area contributed by atoms with Crippen LogP contribution in [-0.2, 0) is 4.74 Å². The Bertz CT molecular complexity index is 1160. The van der Waals surface area contributed by atoms with Gasteiger partial charge in [0, 0.05) is 38.4 Å². The molecule has 0 N–H and O–H groups in total. The lowest BCUT2D eigenvalue weighted by Crippen LogP contribution is -2.47. The van der Waals surface area contributed by atoms with Crippen molar-refractivity contribution in [2.45, 2.75) is 6.10 Å². The molecule has 7 nitrogen and oxygen atoms in total. The summed E-state index contributed by atoms with van der Waals surface area (Å²) in [7, 11) is 0. The molecule has 34 heavy (non-hydrogen) atoms. The van der Waals surface area contributed by atoms with Crippen LogP contribution in [-0.4, -0.2) is 56.5 Å². The first-order valence-corrected chi connectivity index (χ1v) is 11.5. The van der Waals surface area contributed by atoms with Crippen molar-refractivity contribution >= 4 is 34.8 Å². The molecule has 0 spiro atoms. The van der Waals surface area contributed by atoms with E-state index in [1.807, 2.05) is 35.2 Å². The van der Waals surface area contributed by atoms with Gasteiger partial charge >= 0.3 is 6.09 Å². The van der Waals surface area contributed by atoms with Crippen LogP contribution in [0.4, 0.5) is 26.2 Å². The van der Waals surface area contributed by atoms with E-state index in [0.717, 1.165) is 18.8 Å². The third kappa shape index (κ3) is 4.72. The van der Waals surface area contributed by atoms with Gasteiger partial charge < -0.3 is 19.3 Å². The molecule has 0 saturated carbocycles. The molecule has 5 rings (SSSR count). The first-order chi connectivity index (χ1) is 16.6. The van der Waals surface area contributed by atoms with E-state index in [0.29, 0.717) is 35.4 Å². The number of halogens is 2. The number of nitrogens with zero attached hydrogens (tertiary/aromatic N) is 4. The molecule has 3 heterocycles. The van der Waals surface area contributed by atoms with E-state index in [2.05, 4.69) is 9.88 Å². The lowest BCUT2D eigenvalue weighted by Gasteiger charge is -2.37. The number of aromatic nitrogens is 1. The van der Waals surface area contributed by atoms with E-state index in [4.69, 9.17) is 21.1 Å². The number of ether oxygens (including phenoxy) is 2. The molecule has 2 aliphatic heterocycles. The first-order valence-electron chi connectivity index (χ1n) is 11.1. The minimum Gasteiger partial charge on any atom is -0.474 e. The predicted molar refractivity (Wildman–Crippen MR) is 130 cm³/mol. The zero-order chi connectivity index (χ0) is 23.5. The van der Waals surface area contributed by atoms with Crippen LogP contribution in [0.1, 0.15) is 0 Å². The molecule has 0 aliphatic carbocycles. The second-order valence-electron chi connectivity index (χ2n) is 8.16. The number of hydrogen-bond donors (Lipinski definition) is 0. The smallest absolute Gasteiger partial charge is 0.414 e. The van der Waals surface area contributed by atoms with E-state index in [-0.39, 0.29) is 19.0 Å². The molecule has 0 unspecified atom stereocenters. The van der Waals surface area contributed by atoms with Crippen molar-refractivity contribution in [3.8, 4) is 5.88 Å². The Labute approximate surface area is 202 Å². The van der Waals surface area contributed by atoms with Gasteiger partial charge in [0.2, 0.25) is 5.88 Å². The normalized spacial score (nSPS) is 18.2. The maximum Gasteiger partial charge on any atom is 0.414 e. The number of cyclic esters (lactones) is 1. The molecule has 1 amide bonds. The summed E-state index contributed by atoms with van der Waals surface area (Å²) in [5.74, 6) is 0.0895. The Balaban J connectivity index is 1.20. The number of anilines is 3. The number of hydrogen-bond acceptors (Lipinski definition) is 6. The molecule has 2 aliphatic rings. The van der Waals surface area contributed by atoms with Crippen molar-refractivity contribution in [2.24, 2.45) is 0 Å². The topological polar surface area (TPSA) is 58.1 Å². The Morgan fingerprint density at radius 2 is 1.74 bits per heavy atom. The van der Waals surface area contributed by atoms with Gasteiger partial charge in [-0.2, -0.15) is 0 Å². The number of carbonyl (C=O) groups is 1. The summed E-state index contributed by atoms with van der Waals surface area (Å²) in [5.41, 5.74) is 1.97. The van der Waals surface area contributed by atoms with Gasteiger partial charge in [-0.25, -0.2) is 14.2 Å². The largest absolute Gasteiger partial charge is 0.474 e. The number of para-hydroxylation sites is 1. The predicted octanol–water partition coefficient (Wildman–Crippen LogP) is 4.60. The number of benzene rings is 2. The SMILES string of the molecule is O=C1O[C@@H](COc2ccccn2)CN1c1ccc(N2CCN(c3ccccc3Cl)CC2)c(F)c1. The fraction of sp³-hybridized carbons (Fsp3) is 0.280. The standard InChI is InChI=1S/C25H24ClFN4O3/c26-20-5-1-2-6-22(20)29-11-13-30(14-12-29)23-9-8-18(15-21(23)27)31-16-19(34-25(31)32)17-33-24-7-3-4-10-28-24/h1-10,15,19H,11-14,16-17H2/t19-/m1/s1. The first kappa shape index (κ1) is 22.3. The number of pyridine rings is 1. The fourth-order valence-electron chi connectivity index (χ4n) is 4.25. The summed E-state index contributed by atoms with van der Waals surface area (Å²) in [4.78, 5) is 22.1. The van der Waals surface area contributed by atoms with Crippen LogP contribution in [0.25, 0.3) is 0 Å². The Kier molecular flexibility index (Phi) is 6.40. The van der Waals surface area contributed by atoms with Gasteiger partial charge in [0.25, 0.3) is 0 Å². The minimum atomic E-state index is -0.518. The number of carbonyl (C=O) groups excluding carboxylic acids is 1. The van der Waals surface area contributed by atoms with Crippen LogP contribution >= 0.6 is 11.6 Å². The lowest BCUT2D eigenvalue weighted by atomic mass is 10.2. The number of piperazine rings is 1. The molecule has 1 atom stereocenters. The van der Waals surface area contributed by atoms with Crippen LogP contribution < -0.4 is 19.4 Å². The fourth-order valence-corrected chi connectivity index (χ4v) is 4.50. The summed E-state index contributed by atoms with van der Waals surface area (Å²) >= 11 is 6.32. The second-order valence-corrected chi connectivity index (χ2v) is 8.56. The van der Waals surface area contributed by atoms with Crippen LogP contribution in [0, 0.1) is 5.82 Å². The zero-order valence-corrected chi connectivity index (χ0v) is 19.2. The van der Waals surface area contributed by atoms with Gasteiger partial charge in [-0.15, -0.1) is 0 Å². The Morgan fingerprint density at radius 1 is 1.00 bits per heavy atom. The van der Waals surface area contributed by atoms with Gasteiger partial charge in [-0.3, -0.25) is 4.90 Å². The maximum absolute atomic E-state index is 15.1. The average Bonchev–Trinajstić information content (AvgIpc) is 3.24. The molecule has 0 bridgehead atoms. The molecule has 176 valence electrons. The third-order valence-electron chi connectivity index (χ3n) is 5.99. The highest BCUT2D eigenvalue weighted by Crippen LogP contribution is 2.31. The van der Waals surface area contributed by atoms with Crippen molar-refractivity contribution in [2.75, 3.05) is 54.0 Å². The molecule has 2 saturated heterocycles.